The van der Waals surface area contributed by atoms with Gasteiger partial charge in [0.15, 0.2) is 0 Å². The third-order valence-corrected chi connectivity index (χ3v) is 5.52. The lowest BCUT2D eigenvalue weighted by atomic mass is 10.1. The van der Waals surface area contributed by atoms with Crippen LogP contribution in [0, 0.1) is 0 Å². The van der Waals surface area contributed by atoms with Gasteiger partial charge in [-0.2, -0.15) is 0 Å². The Hall–Kier alpha value is -2.93. The molecule has 0 N–H and O–H groups in total. The lowest BCUT2D eigenvalue weighted by Crippen LogP contribution is -2.41. The van der Waals surface area contributed by atoms with Gasteiger partial charge in [0.1, 0.15) is 5.57 Å². The molecule has 1 saturated heterocycles. The summed E-state index contributed by atoms with van der Waals surface area (Å²) in [6, 6.07) is 14.0. The summed E-state index contributed by atoms with van der Waals surface area (Å²) in [5, 5.41) is 0. The Morgan fingerprint density at radius 3 is 2.00 bits per heavy atom. The van der Waals surface area contributed by atoms with Crippen LogP contribution in [0.15, 0.2) is 70.0 Å². The molecule has 3 rings (SSSR count). The maximum Gasteiger partial charge on any atom is 0.348 e. The molecule has 0 saturated carbocycles. The van der Waals surface area contributed by atoms with Crippen LogP contribution in [0.5, 0.6) is 0 Å². The van der Waals surface area contributed by atoms with E-state index in [-0.39, 0.29) is 20.9 Å². The van der Waals surface area contributed by atoms with Crippen molar-refractivity contribution >= 4 is 27.9 Å². The highest BCUT2D eigenvalue weighted by molar-refractivity contribution is 7.91. The number of hydrogen-bond donors (Lipinski definition) is 0. The number of rotatable bonds is 3. The summed E-state index contributed by atoms with van der Waals surface area (Å²) in [6.45, 7) is 2.88. The molecule has 0 radical (unpaired) electrons. The molecule has 26 heavy (non-hydrogen) atoms. The fourth-order valence-corrected chi connectivity index (χ4v) is 3.97. The van der Waals surface area contributed by atoms with Crippen LogP contribution < -0.4 is 0 Å². The van der Waals surface area contributed by atoms with Crippen LogP contribution in [0.3, 0.4) is 0 Å². The van der Waals surface area contributed by atoms with Crippen molar-refractivity contribution < 1.29 is 27.5 Å². The normalized spacial score (nSPS) is 16.6. The highest BCUT2D eigenvalue weighted by Crippen LogP contribution is 2.28. The van der Waals surface area contributed by atoms with Gasteiger partial charge in [0, 0.05) is 13.8 Å². The number of carbonyl (C=O) groups is 2. The van der Waals surface area contributed by atoms with Crippen LogP contribution in [0.1, 0.15) is 19.4 Å². The van der Waals surface area contributed by atoms with E-state index in [0.29, 0.717) is 0 Å². The van der Waals surface area contributed by atoms with Gasteiger partial charge in [-0.3, -0.25) is 0 Å². The number of hydrogen-bond acceptors (Lipinski definition) is 6. The first kappa shape index (κ1) is 17.9. The molecule has 0 aliphatic carbocycles. The number of cyclic esters (lactones) is 2. The largest absolute Gasteiger partial charge is 0.419 e. The van der Waals surface area contributed by atoms with E-state index in [1.54, 1.807) is 30.3 Å². The fraction of sp³-hybridized carbons (Fsp3) is 0.158. The predicted molar refractivity (Wildman–Crippen MR) is 92.6 cm³/mol. The van der Waals surface area contributed by atoms with Gasteiger partial charge in [0.2, 0.25) is 9.84 Å². The highest BCUT2D eigenvalue weighted by atomic mass is 32.2. The van der Waals surface area contributed by atoms with Crippen molar-refractivity contribution in [1.82, 2.24) is 0 Å². The van der Waals surface area contributed by atoms with E-state index in [0.717, 1.165) is 0 Å². The first-order chi connectivity index (χ1) is 12.2. The molecule has 2 aromatic carbocycles. The number of esters is 2. The van der Waals surface area contributed by atoms with E-state index < -0.39 is 27.6 Å². The first-order valence-electron chi connectivity index (χ1n) is 7.78. The second-order valence-electron chi connectivity index (χ2n) is 6.09. The van der Waals surface area contributed by atoms with Crippen LogP contribution in [0.25, 0.3) is 6.08 Å². The van der Waals surface area contributed by atoms with Crippen LogP contribution in [0.4, 0.5) is 0 Å². The Labute approximate surface area is 151 Å². The minimum Gasteiger partial charge on any atom is -0.419 e. The van der Waals surface area contributed by atoms with Gasteiger partial charge >= 0.3 is 11.9 Å². The Morgan fingerprint density at radius 2 is 1.38 bits per heavy atom. The molecule has 0 unspecified atom stereocenters. The number of benzene rings is 2. The summed E-state index contributed by atoms with van der Waals surface area (Å²) < 4.78 is 35.9. The van der Waals surface area contributed by atoms with E-state index in [4.69, 9.17) is 9.47 Å². The van der Waals surface area contributed by atoms with Crippen molar-refractivity contribution in [2.24, 2.45) is 0 Å². The topological polar surface area (TPSA) is 86.7 Å². The molecule has 0 spiro atoms. The van der Waals surface area contributed by atoms with Gasteiger partial charge in [-0.1, -0.05) is 36.4 Å². The Kier molecular flexibility index (Phi) is 4.41. The molecule has 1 fully saturated rings. The monoisotopic (exact) mass is 372 g/mol. The average Bonchev–Trinajstić information content (AvgIpc) is 2.58. The van der Waals surface area contributed by atoms with Gasteiger partial charge in [-0.25, -0.2) is 18.0 Å². The average molecular weight is 372 g/mol. The van der Waals surface area contributed by atoms with E-state index in [2.05, 4.69) is 0 Å². The molecule has 7 heteroatoms. The van der Waals surface area contributed by atoms with E-state index in [9.17, 15) is 18.0 Å². The molecule has 1 heterocycles. The number of ether oxygens (including phenoxy) is 2. The van der Waals surface area contributed by atoms with Crippen molar-refractivity contribution in [3.8, 4) is 0 Å². The molecular weight excluding hydrogens is 356 g/mol. The molecule has 134 valence electrons. The van der Waals surface area contributed by atoms with Gasteiger partial charge in [-0.15, -0.1) is 0 Å². The summed E-state index contributed by atoms with van der Waals surface area (Å²) in [6.07, 6.45) is 1.18. The van der Waals surface area contributed by atoms with Gasteiger partial charge in [0.05, 0.1) is 9.79 Å². The summed E-state index contributed by atoms with van der Waals surface area (Å²) in [5.74, 6) is -3.09. The first-order valence-corrected chi connectivity index (χ1v) is 9.26. The minimum atomic E-state index is -3.83. The van der Waals surface area contributed by atoms with Crippen LogP contribution in [-0.4, -0.2) is 26.1 Å². The van der Waals surface area contributed by atoms with E-state index in [1.165, 1.54) is 44.2 Å². The number of carbonyl (C=O) groups excluding carboxylic acids is 2. The second-order valence-corrected chi connectivity index (χ2v) is 8.01. The lowest BCUT2D eigenvalue weighted by molar-refractivity contribution is -0.222. The van der Waals surface area contributed by atoms with Gasteiger partial charge in [0.25, 0.3) is 5.79 Å². The SMILES string of the molecule is CC1(C)OC(=O)C(=Cc2ccccc2S(=O)(=O)c2ccccc2)C(=O)O1. The molecule has 0 bridgehead atoms. The molecule has 6 nitrogen and oxygen atoms in total. The summed E-state index contributed by atoms with van der Waals surface area (Å²) >= 11 is 0. The van der Waals surface area contributed by atoms with Crippen molar-refractivity contribution in [2.45, 2.75) is 29.4 Å². The highest BCUT2D eigenvalue weighted by Gasteiger charge is 2.39. The molecule has 0 amide bonds. The van der Waals surface area contributed by atoms with E-state index in [1.807, 2.05) is 0 Å². The van der Waals surface area contributed by atoms with Crippen LogP contribution >= 0.6 is 0 Å². The third kappa shape index (κ3) is 3.39. The zero-order valence-electron chi connectivity index (χ0n) is 14.1. The zero-order chi connectivity index (χ0) is 18.9. The Balaban J connectivity index is 2.09. The molecular formula is C19H16O6S. The molecule has 1 aliphatic heterocycles. The lowest BCUT2D eigenvalue weighted by Gasteiger charge is -2.29. The molecule has 0 atom stereocenters. The van der Waals surface area contributed by atoms with Crippen molar-refractivity contribution in [1.29, 1.82) is 0 Å². The fourth-order valence-electron chi connectivity index (χ4n) is 2.51. The minimum absolute atomic E-state index is 0.0240. The van der Waals surface area contributed by atoms with Gasteiger partial charge < -0.3 is 9.47 Å². The van der Waals surface area contributed by atoms with Gasteiger partial charge in [-0.05, 0) is 29.8 Å². The third-order valence-electron chi connectivity index (χ3n) is 3.68. The van der Waals surface area contributed by atoms with Crippen molar-refractivity contribution in [2.75, 3.05) is 0 Å². The van der Waals surface area contributed by atoms with Crippen LogP contribution in [-0.2, 0) is 28.9 Å². The maximum absolute atomic E-state index is 12.9. The molecule has 1 aliphatic rings. The Bertz CT molecular complexity index is 981. The zero-order valence-corrected chi connectivity index (χ0v) is 14.9. The summed E-state index contributed by atoms with van der Waals surface area (Å²) in [4.78, 5) is 24.3. The maximum atomic E-state index is 12.9. The molecule has 0 aromatic heterocycles. The van der Waals surface area contributed by atoms with Crippen molar-refractivity contribution in [3.63, 3.8) is 0 Å². The van der Waals surface area contributed by atoms with Crippen molar-refractivity contribution in [3.05, 3.63) is 65.7 Å². The predicted octanol–water partition coefficient (Wildman–Crippen LogP) is 2.74. The summed E-state index contributed by atoms with van der Waals surface area (Å²) in [5.41, 5.74) is -0.167. The number of sulfone groups is 1. The smallest absolute Gasteiger partial charge is 0.348 e. The summed E-state index contributed by atoms with van der Waals surface area (Å²) in [7, 11) is -3.83. The Morgan fingerprint density at radius 1 is 0.846 bits per heavy atom. The second kappa shape index (κ2) is 6.42. The quantitative estimate of drug-likeness (QED) is 0.468. The van der Waals surface area contributed by atoms with Crippen LogP contribution in [0.2, 0.25) is 0 Å². The standard InChI is InChI=1S/C19H16O6S/c1-19(2)24-17(20)15(18(21)25-19)12-13-8-6-7-11-16(13)26(22,23)14-9-4-3-5-10-14/h3-12H,1-2H3. The molecule has 2 aromatic rings. The van der Waals surface area contributed by atoms with E-state index >= 15 is 0 Å².